The monoisotopic (exact) mass is 302 g/mol. The first-order valence-corrected chi connectivity index (χ1v) is 9.04. The smallest absolute Gasteiger partial charge is 0.241 e. The Morgan fingerprint density at radius 3 is 2.84 bits per heavy atom. The van der Waals surface area contributed by atoms with Gasteiger partial charge in [0.25, 0.3) is 0 Å². The minimum absolute atomic E-state index is 0.150. The van der Waals surface area contributed by atoms with Crippen LogP contribution in [-0.4, -0.2) is 21.5 Å². The van der Waals surface area contributed by atoms with Gasteiger partial charge in [0.15, 0.2) is 0 Å². The van der Waals surface area contributed by atoms with E-state index in [4.69, 9.17) is 0 Å². The highest BCUT2D eigenvalue weighted by atomic mass is 32.2. The van der Waals surface area contributed by atoms with Crippen molar-refractivity contribution in [2.75, 3.05) is 7.05 Å². The van der Waals surface area contributed by atoms with Crippen LogP contribution in [0.1, 0.15) is 35.9 Å². The van der Waals surface area contributed by atoms with Gasteiger partial charge in [-0.05, 0) is 38.8 Å². The molecule has 1 aromatic rings. The van der Waals surface area contributed by atoms with Crippen molar-refractivity contribution in [2.24, 2.45) is 5.92 Å². The van der Waals surface area contributed by atoms with Gasteiger partial charge < -0.3 is 5.32 Å². The van der Waals surface area contributed by atoms with Crippen LogP contribution in [0.4, 0.5) is 0 Å². The van der Waals surface area contributed by atoms with E-state index in [9.17, 15) is 8.42 Å². The van der Waals surface area contributed by atoms with Gasteiger partial charge in [-0.15, -0.1) is 11.3 Å². The van der Waals surface area contributed by atoms with E-state index in [1.807, 2.05) is 14.0 Å². The summed E-state index contributed by atoms with van der Waals surface area (Å²) < 4.78 is 27.5. The molecule has 19 heavy (non-hydrogen) atoms. The molecule has 1 saturated carbocycles. The molecule has 0 radical (unpaired) electrons. The van der Waals surface area contributed by atoms with E-state index in [0.717, 1.165) is 29.0 Å². The van der Waals surface area contributed by atoms with Crippen LogP contribution in [-0.2, 0) is 16.6 Å². The van der Waals surface area contributed by atoms with E-state index in [2.05, 4.69) is 17.0 Å². The predicted molar refractivity (Wildman–Crippen MR) is 78.9 cm³/mol. The first-order chi connectivity index (χ1) is 8.97. The van der Waals surface area contributed by atoms with Gasteiger partial charge in [0, 0.05) is 22.3 Å². The Labute approximate surface area is 119 Å². The van der Waals surface area contributed by atoms with E-state index in [0.29, 0.717) is 17.4 Å². The number of nitrogens with one attached hydrogen (secondary N) is 2. The molecule has 2 rings (SSSR count). The first-order valence-electron chi connectivity index (χ1n) is 6.74. The zero-order valence-electron chi connectivity index (χ0n) is 11.7. The van der Waals surface area contributed by atoms with Gasteiger partial charge in [-0.25, -0.2) is 13.1 Å². The summed E-state index contributed by atoms with van der Waals surface area (Å²) in [5, 5.41) is 3.05. The van der Waals surface area contributed by atoms with E-state index < -0.39 is 10.0 Å². The van der Waals surface area contributed by atoms with E-state index in [1.165, 1.54) is 0 Å². The van der Waals surface area contributed by atoms with Crippen molar-refractivity contribution in [3.63, 3.8) is 0 Å². The van der Waals surface area contributed by atoms with Crippen molar-refractivity contribution in [3.8, 4) is 0 Å². The Hall–Kier alpha value is -0.430. The molecule has 4 nitrogen and oxygen atoms in total. The molecule has 0 amide bonds. The van der Waals surface area contributed by atoms with Crippen molar-refractivity contribution in [1.29, 1.82) is 0 Å². The lowest BCUT2D eigenvalue weighted by molar-refractivity contribution is 0.573. The van der Waals surface area contributed by atoms with Crippen molar-refractivity contribution in [1.82, 2.24) is 10.0 Å². The quantitative estimate of drug-likeness (QED) is 0.812. The largest absolute Gasteiger partial charge is 0.315 e. The second kappa shape index (κ2) is 5.91. The fourth-order valence-electron chi connectivity index (χ4n) is 2.40. The van der Waals surface area contributed by atoms with Gasteiger partial charge in [0.2, 0.25) is 10.0 Å². The summed E-state index contributed by atoms with van der Waals surface area (Å²) in [7, 11) is -1.48. The second-order valence-electron chi connectivity index (χ2n) is 5.18. The van der Waals surface area contributed by atoms with Crippen LogP contribution in [0.15, 0.2) is 11.0 Å². The van der Waals surface area contributed by atoms with Crippen LogP contribution in [0.25, 0.3) is 0 Å². The standard InChI is InChI=1S/C13H22N2O2S2/c1-4-5-10-6-12(10)15-19(16,17)13-7-11(8-14-3)18-9(13)2/h7,10,12,14-15H,4-6,8H2,1-3H3. The van der Waals surface area contributed by atoms with Gasteiger partial charge in [-0.2, -0.15) is 0 Å². The van der Waals surface area contributed by atoms with Crippen LogP contribution >= 0.6 is 11.3 Å². The molecule has 0 saturated heterocycles. The molecule has 1 aliphatic carbocycles. The molecule has 2 atom stereocenters. The molecule has 1 aliphatic rings. The van der Waals surface area contributed by atoms with Gasteiger partial charge in [-0.1, -0.05) is 13.3 Å². The molecule has 1 heterocycles. The lowest BCUT2D eigenvalue weighted by Crippen LogP contribution is -2.27. The fraction of sp³-hybridized carbons (Fsp3) is 0.692. The maximum absolute atomic E-state index is 12.3. The summed E-state index contributed by atoms with van der Waals surface area (Å²) >= 11 is 1.54. The van der Waals surface area contributed by atoms with Gasteiger partial charge in [0.1, 0.15) is 0 Å². The number of thiophene rings is 1. The lowest BCUT2D eigenvalue weighted by atomic mass is 10.2. The molecule has 2 N–H and O–H groups in total. The zero-order valence-corrected chi connectivity index (χ0v) is 13.3. The van der Waals surface area contributed by atoms with Gasteiger partial charge >= 0.3 is 0 Å². The number of aryl methyl sites for hydroxylation is 1. The van der Waals surface area contributed by atoms with E-state index in [1.54, 1.807) is 17.4 Å². The van der Waals surface area contributed by atoms with Crippen molar-refractivity contribution in [3.05, 3.63) is 15.8 Å². The third-order valence-electron chi connectivity index (χ3n) is 3.45. The predicted octanol–water partition coefficient (Wildman–Crippen LogP) is 2.24. The zero-order chi connectivity index (χ0) is 14.0. The van der Waals surface area contributed by atoms with Gasteiger partial charge in [-0.3, -0.25) is 0 Å². The van der Waals surface area contributed by atoms with Gasteiger partial charge in [0.05, 0.1) is 4.90 Å². The average molecular weight is 302 g/mol. The normalized spacial score (nSPS) is 22.7. The van der Waals surface area contributed by atoms with Crippen molar-refractivity contribution >= 4 is 21.4 Å². The number of sulfonamides is 1. The Morgan fingerprint density at radius 1 is 1.47 bits per heavy atom. The van der Waals surface area contributed by atoms with Crippen LogP contribution in [0, 0.1) is 12.8 Å². The highest BCUT2D eigenvalue weighted by Gasteiger charge is 2.39. The first kappa shape index (κ1) is 15.0. The van der Waals surface area contributed by atoms with Crippen LogP contribution in [0.5, 0.6) is 0 Å². The Bertz CT molecular complexity index is 537. The van der Waals surface area contributed by atoms with Crippen molar-refractivity contribution in [2.45, 2.75) is 50.6 Å². The SMILES string of the molecule is CCCC1CC1NS(=O)(=O)c1cc(CNC)sc1C. The average Bonchev–Trinajstić information content (AvgIpc) is 2.90. The topological polar surface area (TPSA) is 58.2 Å². The number of hydrogen-bond acceptors (Lipinski definition) is 4. The third kappa shape index (κ3) is 3.56. The molecule has 0 spiro atoms. The van der Waals surface area contributed by atoms with E-state index in [-0.39, 0.29) is 6.04 Å². The Kier molecular flexibility index (Phi) is 4.66. The van der Waals surface area contributed by atoms with E-state index >= 15 is 0 Å². The molecule has 0 bridgehead atoms. The highest BCUT2D eigenvalue weighted by Crippen LogP contribution is 2.36. The van der Waals surface area contributed by atoms with Crippen molar-refractivity contribution < 1.29 is 8.42 Å². The molecular formula is C13H22N2O2S2. The molecule has 0 aromatic carbocycles. The minimum atomic E-state index is -3.34. The minimum Gasteiger partial charge on any atom is -0.315 e. The van der Waals surface area contributed by atoms with Crippen LogP contribution in [0.3, 0.4) is 0 Å². The summed E-state index contributed by atoms with van der Waals surface area (Å²) in [6.07, 6.45) is 3.22. The fourth-order valence-corrected chi connectivity index (χ4v) is 5.36. The Balaban J connectivity index is 2.07. The maximum atomic E-state index is 12.3. The van der Waals surface area contributed by atoms with Crippen LogP contribution < -0.4 is 10.0 Å². The molecule has 108 valence electrons. The lowest BCUT2D eigenvalue weighted by Gasteiger charge is -2.05. The van der Waals surface area contributed by atoms with Crippen LogP contribution in [0.2, 0.25) is 0 Å². The molecule has 6 heteroatoms. The molecular weight excluding hydrogens is 280 g/mol. The summed E-state index contributed by atoms with van der Waals surface area (Å²) in [6, 6.07) is 1.94. The summed E-state index contributed by atoms with van der Waals surface area (Å²) in [5.74, 6) is 0.537. The maximum Gasteiger partial charge on any atom is 0.241 e. The molecule has 2 unspecified atom stereocenters. The third-order valence-corrected chi connectivity index (χ3v) is 6.25. The second-order valence-corrected chi connectivity index (χ2v) is 8.20. The Morgan fingerprint density at radius 2 is 2.21 bits per heavy atom. The highest BCUT2D eigenvalue weighted by molar-refractivity contribution is 7.89. The number of rotatable bonds is 7. The molecule has 1 aromatic heterocycles. The summed E-state index contributed by atoms with van der Waals surface area (Å²) in [4.78, 5) is 2.37. The molecule has 1 fully saturated rings. The summed E-state index contributed by atoms with van der Waals surface area (Å²) in [6.45, 7) is 4.72. The number of hydrogen-bond donors (Lipinski definition) is 2. The molecule has 0 aliphatic heterocycles. The summed E-state index contributed by atoms with van der Waals surface area (Å²) in [5.41, 5.74) is 0.